The molecule has 25 heavy (non-hydrogen) atoms. The van der Waals surface area contributed by atoms with E-state index < -0.39 is 17.8 Å². The van der Waals surface area contributed by atoms with Crippen LogP contribution in [-0.2, 0) is 19.1 Å². The summed E-state index contributed by atoms with van der Waals surface area (Å²) in [5, 5.41) is 7.41. The van der Waals surface area contributed by atoms with Crippen LogP contribution in [0.1, 0.15) is 33.1 Å². The van der Waals surface area contributed by atoms with Gasteiger partial charge in [0.05, 0.1) is 28.9 Å². The fourth-order valence-corrected chi connectivity index (χ4v) is 2.35. The SMILES string of the molecule is CCOC(=O)CCCC(N=Nc1cc(Cl)c(F)c(Cl)c1)C(=O)OCC. The molecule has 1 unspecified atom stereocenters. The zero-order chi connectivity index (χ0) is 18.8. The summed E-state index contributed by atoms with van der Waals surface area (Å²) in [7, 11) is 0. The Labute approximate surface area is 155 Å². The van der Waals surface area contributed by atoms with Crippen LogP contribution in [0.4, 0.5) is 10.1 Å². The van der Waals surface area contributed by atoms with Crippen molar-refractivity contribution in [3.8, 4) is 0 Å². The molecule has 0 spiro atoms. The lowest BCUT2D eigenvalue weighted by molar-refractivity contribution is -0.146. The van der Waals surface area contributed by atoms with Gasteiger partial charge >= 0.3 is 11.9 Å². The van der Waals surface area contributed by atoms with E-state index in [0.29, 0.717) is 13.0 Å². The number of azo groups is 1. The first kappa shape index (κ1) is 21.3. The number of benzene rings is 1. The lowest BCUT2D eigenvalue weighted by Gasteiger charge is -2.10. The maximum atomic E-state index is 13.4. The number of carbonyl (C=O) groups excluding carboxylic acids is 2. The molecule has 0 fully saturated rings. The first-order valence-corrected chi connectivity index (χ1v) is 8.52. The van der Waals surface area contributed by atoms with Gasteiger partial charge in [0, 0.05) is 6.42 Å². The quantitative estimate of drug-likeness (QED) is 0.340. The van der Waals surface area contributed by atoms with Crippen molar-refractivity contribution in [1.29, 1.82) is 0 Å². The number of hydrogen-bond donors (Lipinski definition) is 0. The number of halogens is 3. The Balaban J connectivity index is 2.79. The lowest BCUT2D eigenvalue weighted by atomic mass is 10.1. The van der Waals surface area contributed by atoms with E-state index >= 15 is 0 Å². The molecule has 0 N–H and O–H groups in total. The van der Waals surface area contributed by atoms with Crippen molar-refractivity contribution in [3.63, 3.8) is 0 Å². The topological polar surface area (TPSA) is 77.3 Å². The van der Waals surface area contributed by atoms with Crippen LogP contribution in [0.25, 0.3) is 0 Å². The van der Waals surface area contributed by atoms with Crippen LogP contribution in [-0.4, -0.2) is 31.2 Å². The standard InChI is InChI=1S/C16H19Cl2FN2O4/c1-3-24-14(22)7-5-6-13(16(23)25-4-2)21-20-10-8-11(17)15(19)12(18)9-10/h8-9,13H,3-7H2,1-2H3. The minimum absolute atomic E-state index is 0.160. The summed E-state index contributed by atoms with van der Waals surface area (Å²) < 4.78 is 23.2. The van der Waals surface area contributed by atoms with Gasteiger partial charge in [-0.25, -0.2) is 9.18 Å². The summed E-state index contributed by atoms with van der Waals surface area (Å²) in [5.74, 6) is -1.66. The van der Waals surface area contributed by atoms with Gasteiger partial charge in [-0.2, -0.15) is 10.2 Å². The highest BCUT2D eigenvalue weighted by Crippen LogP contribution is 2.29. The average molecular weight is 393 g/mol. The molecule has 9 heteroatoms. The number of ether oxygens (including phenoxy) is 2. The number of carbonyl (C=O) groups is 2. The van der Waals surface area contributed by atoms with Crippen molar-refractivity contribution in [2.45, 2.75) is 39.2 Å². The molecule has 1 atom stereocenters. The molecule has 0 aliphatic rings. The summed E-state index contributed by atoms with van der Waals surface area (Å²) in [6.07, 6.45) is 0.795. The predicted octanol–water partition coefficient (Wildman–Crippen LogP) is 4.88. The summed E-state index contributed by atoms with van der Waals surface area (Å²) in [4.78, 5) is 23.3. The first-order valence-electron chi connectivity index (χ1n) is 7.76. The molecular weight excluding hydrogens is 374 g/mol. The van der Waals surface area contributed by atoms with Gasteiger partial charge in [0.15, 0.2) is 11.9 Å². The molecule has 0 aromatic heterocycles. The van der Waals surface area contributed by atoms with E-state index in [1.165, 1.54) is 12.1 Å². The molecule has 1 aromatic rings. The van der Waals surface area contributed by atoms with Gasteiger partial charge < -0.3 is 9.47 Å². The molecule has 0 saturated heterocycles. The van der Waals surface area contributed by atoms with Crippen molar-refractivity contribution < 1.29 is 23.5 Å². The fraction of sp³-hybridized carbons (Fsp3) is 0.500. The van der Waals surface area contributed by atoms with Crippen molar-refractivity contribution in [3.05, 3.63) is 28.0 Å². The van der Waals surface area contributed by atoms with E-state index in [4.69, 9.17) is 32.7 Å². The molecule has 0 aliphatic carbocycles. The molecular formula is C16H19Cl2FN2O4. The largest absolute Gasteiger partial charge is 0.466 e. The zero-order valence-electron chi connectivity index (χ0n) is 13.9. The Morgan fingerprint density at radius 3 is 2.32 bits per heavy atom. The number of hydrogen-bond acceptors (Lipinski definition) is 6. The fourth-order valence-electron chi connectivity index (χ4n) is 1.87. The van der Waals surface area contributed by atoms with Crippen molar-refractivity contribution in [2.24, 2.45) is 10.2 Å². The second-order valence-electron chi connectivity index (χ2n) is 4.90. The molecule has 0 aliphatic heterocycles. The minimum Gasteiger partial charge on any atom is -0.466 e. The van der Waals surface area contributed by atoms with E-state index in [-0.39, 0.29) is 41.2 Å². The molecule has 0 radical (unpaired) electrons. The van der Waals surface area contributed by atoms with Gasteiger partial charge in [0.25, 0.3) is 0 Å². The van der Waals surface area contributed by atoms with E-state index in [9.17, 15) is 14.0 Å². The van der Waals surface area contributed by atoms with Gasteiger partial charge in [-0.15, -0.1) is 0 Å². The molecule has 138 valence electrons. The minimum atomic E-state index is -0.892. The average Bonchev–Trinajstić information content (AvgIpc) is 2.56. The third-order valence-corrected chi connectivity index (χ3v) is 3.55. The maximum absolute atomic E-state index is 13.4. The highest BCUT2D eigenvalue weighted by Gasteiger charge is 2.20. The van der Waals surface area contributed by atoms with E-state index in [2.05, 4.69) is 10.2 Å². The lowest BCUT2D eigenvalue weighted by Crippen LogP contribution is -2.21. The van der Waals surface area contributed by atoms with E-state index in [1.807, 2.05) is 0 Å². The number of esters is 2. The van der Waals surface area contributed by atoms with Crippen LogP contribution in [0.5, 0.6) is 0 Å². The third-order valence-electron chi connectivity index (χ3n) is 3.00. The highest BCUT2D eigenvalue weighted by molar-refractivity contribution is 6.35. The second kappa shape index (κ2) is 11.0. The molecule has 1 aromatic carbocycles. The highest BCUT2D eigenvalue weighted by atomic mass is 35.5. The van der Waals surface area contributed by atoms with Crippen molar-refractivity contribution >= 4 is 40.8 Å². The van der Waals surface area contributed by atoms with Crippen molar-refractivity contribution in [2.75, 3.05) is 13.2 Å². The van der Waals surface area contributed by atoms with E-state index in [1.54, 1.807) is 13.8 Å². The summed E-state index contributed by atoms with van der Waals surface area (Å²) in [6, 6.07) is 1.59. The van der Waals surface area contributed by atoms with Crippen LogP contribution < -0.4 is 0 Å². The molecule has 6 nitrogen and oxygen atoms in total. The Morgan fingerprint density at radius 1 is 1.16 bits per heavy atom. The first-order chi connectivity index (χ1) is 11.9. The Bertz CT molecular complexity index is 618. The zero-order valence-corrected chi connectivity index (χ0v) is 15.4. The van der Waals surface area contributed by atoms with Crippen LogP contribution in [0, 0.1) is 5.82 Å². The molecule has 0 bridgehead atoms. The monoisotopic (exact) mass is 392 g/mol. The van der Waals surface area contributed by atoms with Crippen LogP contribution >= 0.6 is 23.2 Å². The number of nitrogens with zero attached hydrogens (tertiary/aromatic N) is 2. The van der Waals surface area contributed by atoms with Crippen LogP contribution in [0.3, 0.4) is 0 Å². The molecule has 0 heterocycles. The van der Waals surface area contributed by atoms with Crippen LogP contribution in [0.15, 0.2) is 22.4 Å². The van der Waals surface area contributed by atoms with E-state index in [0.717, 1.165) is 0 Å². The summed E-state index contributed by atoms with van der Waals surface area (Å²) in [6.45, 7) is 3.87. The summed E-state index contributed by atoms with van der Waals surface area (Å²) in [5.41, 5.74) is 0.205. The van der Waals surface area contributed by atoms with Gasteiger partial charge in [-0.3, -0.25) is 4.79 Å². The Kier molecular flexibility index (Phi) is 9.37. The van der Waals surface area contributed by atoms with Gasteiger partial charge in [-0.05, 0) is 38.8 Å². The maximum Gasteiger partial charge on any atom is 0.332 e. The molecule has 1 rings (SSSR count). The normalized spacial score (nSPS) is 12.2. The molecule has 0 saturated carbocycles. The smallest absolute Gasteiger partial charge is 0.332 e. The summed E-state index contributed by atoms with van der Waals surface area (Å²) >= 11 is 11.4. The van der Waals surface area contributed by atoms with Crippen LogP contribution in [0.2, 0.25) is 10.0 Å². The predicted molar refractivity (Wildman–Crippen MR) is 91.8 cm³/mol. The van der Waals surface area contributed by atoms with Gasteiger partial charge in [0.2, 0.25) is 0 Å². The molecule has 0 amide bonds. The van der Waals surface area contributed by atoms with Crippen molar-refractivity contribution in [1.82, 2.24) is 0 Å². The second-order valence-corrected chi connectivity index (χ2v) is 5.72. The Morgan fingerprint density at radius 2 is 1.76 bits per heavy atom. The Hall–Kier alpha value is -1.73. The number of rotatable bonds is 9. The van der Waals surface area contributed by atoms with Gasteiger partial charge in [0.1, 0.15) is 0 Å². The van der Waals surface area contributed by atoms with Gasteiger partial charge in [-0.1, -0.05) is 23.2 Å². The third kappa shape index (κ3) is 7.36.